The lowest BCUT2D eigenvalue weighted by Crippen LogP contribution is -2.28. The fourth-order valence-electron chi connectivity index (χ4n) is 2.35. The van der Waals surface area contributed by atoms with E-state index in [9.17, 15) is 14.0 Å². The molecule has 3 rings (SSSR count). The lowest BCUT2D eigenvalue weighted by atomic mass is 10.2. The van der Waals surface area contributed by atoms with E-state index in [2.05, 4.69) is 15.6 Å². The van der Waals surface area contributed by atoms with Crippen molar-refractivity contribution < 1.29 is 18.7 Å². The molecule has 0 bridgehead atoms. The third-order valence-electron chi connectivity index (χ3n) is 3.63. The molecule has 0 radical (unpaired) electrons. The monoisotopic (exact) mass is 407 g/mol. The second-order valence-corrected chi connectivity index (χ2v) is 7.19. The number of carbonyl (C=O) groups is 2. The standard InChI is InChI=1S/C18H15ClFN3O3S/c1-26-12-4-2-3-10(7-12)21-16(24)9-15-17(25)23-18(27-15)22-11-5-6-14(20)13(19)8-11/h2-8,15H,9H2,1H3,(H,21,24)(H,22,23,25)/t15-/m0/s1. The molecule has 0 aliphatic carbocycles. The van der Waals surface area contributed by atoms with Crippen LogP contribution in [0.4, 0.5) is 15.8 Å². The maximum Gasteiger partial charge on any atom is 0.240 e. The minimum atomic E-state index is -0.606. The number of hydrogen-bond donors (Lipinski definition) is 2. The van der Waals surface area contributed by atoms with Crippen molar-refractivity contribution in [3.63, 3.8) is 0 Å². The van der Waals surface area contributed by atoms with Gasteiger partial charge in [-0.2, -0.15) is 0 Å². The molecule has 2 aromatic rings. The lowest BCUT2D eigenvalue weighted by Gasteiger charge is -2.08. The fraction of sp³-hybridized carbons (Fsp3) is 0.167. The Bertz CT molecular complexity index is 922. The molecular formula is C18H15ClFN3O3S. The smallest absolute Gasteiger partial charge is 0.240 e. The van der Waals surface area contributed by atoms with Crippen LogP contribution < -0.4 is 15.4 Å². The SMILES string of the molecule is COc1cccc(NC(=O)C[C@@H]2SC(=Nc3ccc(F)c(Cl)c3)NC2=O)c1. The number of methoxy groups -OCH3 is 1. The quantitative estimate of drug-likeness (QED) is 0.791. The average Bonchev–Trinajstić information content (AvgIpc) is 2.97. The molecule has 1 saturated heterocycles. The zero-order chi connectivity index (χ0) is 19.4. The van der Waals surface area contributed by atoms with Crippen LogP contribution in [-0.4, -0.2) is 29.3 Å². The predicted octanol–water partition coefficient (Wildman–Crippen LogP) is 3.74. The van der Waals surface area contributed by atoms with Gasteiger partial charge in [0.2, 0.25) is 11.8 Å². The normalized spacial score (nSPS) is 17.7. The largest absolute Gasteiger partial charge is 0.497 e. The van der Waals surface area contributed by atoms with E-state index in [0.717, 1.165) is 11.8 Å². The van der Waals surface area contributed by atoms with Crippen molar-refractivity contribution in [3.05, 3.63) is 53.3 Å². The Morgan fingerprint density at radius 1 is 1.37 bits per heavy atom. The number of aliphatic imine (C=N–C) groups is 1. The molecule has 0 spiro atoms. The molecule has 27 heavy (non-hydrogen) atoms. The van der Waals surface area contributed by atoms with Gasteiger partial charge in [-0.1, -0.05) is 29.4 Å². The van der Waals surface area contributed by atoms with Crippen LogP contribution in [0.5, 0.6) is 5.75 Å². The van der Waals surface area contributed by atoms with Gasteiger partial charge >= 0.3 is 0 Å². The van der Waals surface area contributed by atoms with Gasteiger partial charge in [-0.3, -0.25) is 9.59 Å². The Morgan fingerprint density at radius 2 is 2.19 bits per heavy atom. The van der Waals surface area contributed by atoms with Gasteiger partial charge in [-0.05, 0) is 30.3 Å². The fourth-order valence-corrected chi connectivity index (χ4v) is 3.51. The number of nitrogens with one attached hydrogen (secondary N) is 2. The zero-order valence-electron chi connectivity index (χ0n) is 14.2. The minimum absolute atomic E-state index is 0.0170. The summed E-state index contributed by atoms with van der Waals surface area (Å²) in [4.78, 5) is 28.5. The summed E-state index contributed by atoms with van der Waals surface area (Å²) in [6.07, 6.45) is -0.0170. The molecule has 1 fully saturated rings. The number of benzene rings is 2. The maximum absolute atomic E-state index is 13.2. The van der Waals surface area contributed by atoms with E-state index in [4.69, 9.17) is 16.3 Å². The van der Waals surface area contributed by atoms with Crippen LogP contribution in [0.15, 0.2) is 47.5 Å². The van der Waals surface area contributed by atoms with Crippen molar-refractivity contribution >= 4 is 51.7 Å². The molecule has 2 aromatic carbocycles. The van der Waals surface area contributed by atoms with Crippen molar-refractivity contribution in [1.29, 1.82) is 0 Å². The second kappa shape index (κ2) is 8.41. The third kappa shape index (κ3) is 4.99. The van der Waals surface area contributed by atoms with E-state index in [1.54, 1.807) is 24.3 Å². The number of ether oxygens (including phenoxy) is 1. The molecule has 6 nitrogen and oxygen atoms in total. The van der Waals surface area contributed by atoms with Crippen LogP contribution in [0, 0.1) is 5.82 Å². The van der Waals surface area contributed by atoms with Crippen molar-refractivity contribution in [1.82, 2.24) is 5.32 Å². The number of carbonyl (C=O) groups excluding carboxylic acids is 2. The van der Waals surface area contributed by atoms with Crippen molar-refractivity contribution in [2.45, 2.75) is 11.7 Å². The summed E-state index contributed by atoms with van der Waals surface area (Å²) < 4.78 is 18.3. The van der Waals surface area contributed by atoms with Crippen molar-refractivity contribution in [2.24, 2.45) is 4.99 Å². The maximum atomic E-state index is 13.2. The number of thioether (sulfide) groups is 1. The summed E-state index contributed by atoms with van der Waals surface area (Å²) in [7, 11) is 1.54. The van der Waals surface area contributed by atoms with Crippen LogP contribution >= 0.6 is 23.4 Å². The van der Waals surface area contributed by atoms with E-state index in [1.165, 1.54) is 25.3 Å². The van der Waals surface area contributed by atoms with Gasteiger partial charge in [0, 0.05) is 18.2 Å². The Morgan fingerprint density at radius 3 is 2.93 bits per heavy atom. The Hall–Kier alpha value is -2.58. The molecule has 9 heteroatoms. The molecule has 1 atom stereocenters. The molecule has 0 saturated carbocycles. The molecular weight excluding hydrogens is 393 g/mol. The molecule has 0 aromatic heterocycles. The topological polar surface area (TPSA) is 79.8 Å². The molecule has 1 aliphatic rings. The highest BCUT2D eigenvalue weighted by molar-refractivity contribution is 8.15. The van der Waals surface area contributed by atoms with Crippen LogP contribution in [0.1, 0.15) is 6.42 Å². The number of halogens is 2. The first kappa shape index (κ1) is 19.2. The van der Waals surface area contributed by atoms with Gasteiger partial charge in [-0.25, -0.2) is 9.38 Å². The molecule has 2 N–H and O–H groups in total. The first-order chi connectivity index (χ1) is 12.9. The van der Waals surface area contributed by atoms with Crippen LogP contribution in [-0.2, 0) is 9.59 Å². The summed E-state index contributed by atoms with van der Waals surface area (Å²) in [5.41, 5.74) is 0.989. The number of amides is 2. The van der Waals surface area contributed by atoms with Crippen molar-refractivity contribution in [2.75, 3.05) is 12.4 Å². The highest BCUT2D eigenvalue weighted by Crippen LogP contribution is 2.27. The zero-order valence-corrected chi connectivity index (χ0v) is 15.7. The van der Waals surface area contributed by atoms with Crippen LogP contribution in [0.25, 0.3) is 0 Å². The minimum Gasteiger partial charge on any atom is -0.497 e. The Labute approximate surface area is 164 Å². The van der Waals surface area contributed by atoms with Crippen LogP contribution in [0.3, 0.4) is 0 Å². The number of anilines is 1. The first-order valence-corrected chi connectivity index (χ1v) is 9.15. The predicted molar refractivity (Wildman–Crippen MR) is 104 cm³/mol. The Kier molecular flexibility index (Phi) is 5.98. The summed E-state index contributed by atoms with van der Waals surface area (Å²) in [5.74, 6) is -0.543. The average molecular weight is 408 g/mol. The van der Waals surface area contributed by atoms with Gasteiger partial charge < -0.3 is 15.4 Å². The van der Waals surface area contributed by atoms with Crippen LogP contribution in [0.2, 0.25) is 5.02 Å². The van der Waals surface area contributed by atoms with Gasteiger partial charge in [0.1, 0.15) is 16.8 Å². The summed E-state index contributed by atoms with van der Waals surface area (Å²) >= 11 is 6.86. The number of hydrogen-bond acceptors (Lipinski definition) is 5. The van der Waals surface area contributed by atoms with E-state index in [1.807, 2.05) is 0 Å². The van der Waals surface area contributed by atoms with Gasteiger partial charge in [-0.15, -0.1) is 0 Å². The number of amidine groups is 1. The lowest BCUT2D eigenvalue weighted by molar-refractivity contribution is -0.122. The van der Waals surface area contributed by atoms with E-state index in [-0.39, 0.29) is 23.3 Å². The Balaban J connectivity index is 1.62. The molecule has 140 valence electrons. The summed E-state index contributed by atoms with van der Waals surface area (Å²) in [6.45, 7) is 0. The highest BCUT2D eigenvalue weighted by atomic mass is 35.5. The van der Waals surface area contributed by atoms with Gasteiger partial charge in [0.05, 0.1) is 17.8 Å². The highest BCUT2D eigenvalue weighted by Gasteiger charge is 2.32. The summed E-state index contributed by atoms with van der Waals surface area (Å²) in [6, 6.07) is 10.9. The first-order valence-electron chi connectivity index (χ1n) is 7.90. The number of rotatable bonds is 5. The van der Waals surface area contributed by atoms with Gasteiger partial charge in [0.15, 0.2) is 5.17 Å². The third-order valence-corrected chi connectivity index (χ3v) is 5.01. The molecule has 1 aliphatic heterocycles. The van der Waals surface area contributed by atoms with Crippen molar-refractivity contribution in [3.8, 4) is 5.75 Å². The molecule has 1 heterocycles. The van der Waals surface area contributed by atoms with E-state index >= 15 is 0 Å². The second-order valence-electron chi connectivity index (χ2n) is 5.60. The van der Waals surface area contributed by atoms with E-state index in [0.29, 0.717) is 22.3 Å². The molecule has 0 unspecified atom stereocenters. The number of nitrogens with zero attached hydrogens (tertiary/aromatic N) is 1. The molecule has 2 amide bonds. The summed E-state index contributed by atoms with van der Waals surface area (Å²) in [5, 5.41) is 5.02. The van der Waals surface area contributed by atoms with Gasteiger partial charge in [0.25, 0.3) is 0 Å². The van der Waals surface area contributed by atoms with E-state index < -0.39 is 11.1 Å².